The van der Waals surface area contributed by atoms with Crippen LogP contribution < -0.4 is 0 Å². The van der Waals surface area contributed by atoms with Crippen LogP contribution >= 0.6 is 11.6 Å². The van der Waals surface area contributed by atoms with Crippen molar-refractivity contribution in [3.63, 3.8) is 0 Å². The third kappa shape index (κ3) is 4.43. The molecule has 128 valence electrons. The topological polar surface area (TPSA) is 25.8 Å². The van der Waals surface area contributed by atoms with Crippen molar-refractivity contribution in [3.8, 4) is 22.5 Å². The maximum Gasteiger partial charge on any atom is 0.159 e. The van der Waals surface area contributed by atoms with E-state index in [2.05, 4.69) is 16.9 Å². The summed E-state index contributed by atoms with van der Waals surface area (Å²) in [5, 5.41) is 0.633. The molecule has 3 rings (SSSR count). The number of halogens is 2. The lowest BCUT2D eigenvalue weighted by Crippen LogP contribution is -1.94. The second kappa shape index (κ2) is 8.21. The van der Waals surface area contributed by atoms with Gasteiger partial charge in [-0.05, 0) is 42.2 Å². The molecule has 2 nitrogen and oxygen atoms in total. The number of nitrogens with zero attached hydrogens (tertiary/aromatic N) is 2. The molecule has 1 aromatic heterocycles. The summed E-state index contributed by atoms with van der Waals surface area (Å²) >= 11 is 5.89. The normalized spacial score (nSPS) is 10.8. The van der Waals surface area contributed by atoms with Crippen LogP contribution in [-0.4, -0.2) is 9.97 Å². The third-order valence-electron chi connectivity index (χ3n) is 4.16. The SMILES string of the molecule is CCCCCc1cnc(-c2ccc(-c3ccc(Cl)cc3)c(F)c2)nc1. The van der Waals surface area contributed by atoms with E-state index in [0.717, 1.165) is 24.0 Å². The van der Waals surface area contributed by atoms with Crippen molar-refractivity contribution in [1.29, 1.82) is 0 Å². The summed E-state index contributed by atoms with van der Waals surface area (Å²) in [5.41, 5.74) is 3.13. The lowest BCUT2D eigenvalue weighted by molar-refractivity contribution is 0.631. The minimum absolute atomic E-state index is 0.296. The van der Waals surface area contributed by atoms with Gasteiger partial charge >= 0.3 is 0 Å². The van der Waals surface area contributed by atoms with Gasteiger partial charge < -0.3 is 0 Å². The fourth-order valence-corrected chi connectivity index (χ4v) is 2.86. The van der Waals surface area contributed by atoms with Gasteiger partial charge in [0.1, 0.15) is 5.82 Å². The molecule has 0 aliphatic rings. The van der Waals surface area contributed by atoms with Crippen LogP contribution in [0, 0.1) is 5.82 Å². The summed E-state index contributed by atoms with van der Waals surface area (Å²) in [6, 6.07) is 12.2. The summed E-state index contributed by atoms with van der Waals surface area (Å²) in [6.07, 6.45) is 8.20. The lowest BCUT2D eigenvalue weighted by atomic mass is 10.0. The molecule has 0 fully saturated rings. The number of benzene rings is 2. The molecule has 0 radical (unpaired) electrons. The van der Waals surface area contributed by atoms with Gasteiger partial charge in [0, 0.05) is 28.5 Å². The molecule has 0 atom stereocenters. The zero-order chi connectivity index (χ0) is 17.6. The van der Waals surface area contributed by atoms with E-state index in [0.29, 0.717) is 22.0 Å². The van der Waals surface area contributed by atoms with Gasteiger partial charge in [-0.15, -0.1) is 0 Å². The van der Waals surface area contributed by atoms with Crippen LogP contribution in [0.4, 0.5) is 4.39 Å². The number of aryl methyl sites for hydroxylation is 1. The summed E-state index contributed by atoms with van der Waals surface area (Å²) in [4.78, 5) is 8.78. The predicted octanol–water partition coefficient (Wildman–Crippen LogP) is 6.34. The van der Waals surface area contributed by atoms with Gasteiger partial charge in [-0.25, -0.2) is 14.4 Å². The number of aromatic nitrogens is 2. The van der Waals surface area contributed by atoms with E-state index in [1.165, 1.54) is 18.9 Å². The van der Waals surface area contributed by atoms with E-state index in [9.17, 15) is 4.39 Å². The first-order valence-electron chi connectivity index (χ1n) is 8.54. The van der Waals surface area contributed by atoms with Crippen LogP contribution in [-0.2, 0) is 6.42 Å². The highest BCUT2D eigenvalue weighted by Gasteiger charge is 2.09. The first-order chi connectivity index (χ1) is 12.2. The Hall–Kier alpha value is -2.26. The highest BCUT2D eigenvalue weighted by molar-refractivity contribution is 6.30. The first-order valence-corrected chi connectivity index (χ1v) is 8.92. The van der Waals surface area contributed by atoms with Gasteiger partial charge in [-0.2, -0.15) is 0 Å². The highest BCUT2D eigenvalue weighted by Crippen LogP contribution is 2.27. The zero-order valence-corrected chi connectivity index (χ0v) is 14.9. The smallest absolute Gasteiger partial charge is 0.159 e. The van der Waals surface area contributed by atoms with Crippen molar-refractivity contribution < 1.29 is 4.39 Å². The minimum atomic E-state index is -0.296. The fraction of sp³-hybridized carbons (Fsp3) is 0.238. The summed E-state index contributed by atoms with van der Waals surface area (Å²) in [6.45, 7) is 2.18. The molecule has 0 saturated heterocycles. The minimum Gasteiger partial charge on any atom is -0.236 e. The highest BCUT2D eigenvalue weighted by atomic mass is 35.5. The summed E-state index contributed by atoms with van der Waals surface area (Å²) in [7, 11) is 0. The van der Waals surface area contributed by atoms with Crippen molar-refractivity contribution >= 4 is 11.6 Å². The molecule has 0 aliphatic heterocycles. The average Bonchev–Trinajstić information content (AvgIpc) is 2.63. The molecule has 4 heteroatoms. The van der Waals surface area contributed by atoms with Gasteiger partial charge in [0.2, 0.25) is 0 Å². The Morgan fingerprint density at radius 2 is 1.60 bits per heavy atom. The van der Waals surface area contributed by atoms with Gasteiger partial charge in [0.15, 0.2) is 5.82 Å². The molecule has 0 aliphatic carbocycles. The molecule has 0 spiro atoms. The summed E-state index contributed by atoms with van der Waals surface area (Å²) in [5.74, 6) is 0.247. The van der Waals surface area contributed by atoms with E-state index in [1.807, 2.05) is 30.6 Å². The van der Waals surface area contributed by atoms with Crippen molar-refractivity contribution in [1.82, 2.24) is 9.97 Å². The maximum absolute atomic E-state index is 14.5. The monoisotopic (exact) mass is 354 g/mol. The molecular formula is C21H20ClFN2. The van der Waals surface area contributed by atoms with Crippen LogP contribution in [0.1, 0.15) is 31.7 Å². The molecule has 0 amide bonds. The van der Waals surface area contributed by atoms with Gasteiger partial charge in [0.05, 0.1) is 0 Å². The summed E-state index contributed by atoms with van der Waals surface area (Å²) < 4.78 is 14.5. The van der Waals surface area contributed by atoms with Gasteiger partial charge in [-0.3, -0.25) is 0 Å². The van der Waals surface area contributed by atoms with E-state index in [4.69, 9.17) is 11.6 Å². The molecule has 0 unspecified atom stereocenters. The first kappa shape index (κ1) is 17.6. The largest absolute Gasteiger partial charge is 0.236 e. The predicted molar refractivity (Wildman–Crippen MR) is 101 cm³/mol. The number of hydrogen-bond donors (Lipinski definition) is 0. The van der Waals surface area contributed by atoms with Crippen molar-refractivity contribution in [2.45, 2.75) is 32.6 Å². The quantitative estimate of drug-likeness (QED) is 0.483. The van der Waals surface area contributed by atoms with Crippen LogP contribution in [0.5, 0.6) is 0 Å². The number of rotatable bonds is 6. The Kier molecular flexibility index (Phi) is 5.77. The lowest BCUT2D eigenvalue weighted by Gasteiger charge is -2.07. The second-order valence-electron chi connectivity index (χ2n) is 6.07. The van der Waals surface area contributed by atoms with Crippen molar-refractivity contribution in [2.24, 2.45) is 0 Å². The van der Waals surface area contributed by atoms with Crippen LogP contribution in [0.2, 0.25) is 5.02 Å². The van der Waals surface area contributed by atoms with Gasteiger partial charge in [-0.1, -0.05) is 55.6 Å². The number of unbranched alkanes of at least 4 members (excludes halogenated alkanes) is 2. The molecule has 0 saturated carbocycles. The second-order valence-corrected chi connectivity index (χ2v) is 6.51. The molecule has 0 N–H and O–H groups in total. The molecule has 2 aromatic carbocycles. The zero-order valence-electron chi connectivity index (χ0n) is 14.2. The molecule has 1 heterocycles. The van der Waals surface area contributed by atoms with E-state index >= 15 is 0 Å². The Labute approximate surface area is 152 Å². The Morgan fingerprint density at radius 1 is 0.920 bits per heavy atom. The molecule has 25 heavy (non-hydrogen) atoms. The maximum atomic E-state index is 14.5. The standard InChI is InChI=1S/C21H20ClFN2/c1-2-3-4-5-15-13-24-21(25-14-15)17-8-11-19(20(23)12-17)16-6-9-18(22)10-7-16/h6-14H,2-5H2,1H3. The van der Waals surface area contributed by atoms with Gasteiger partial charge in [0.25, 0.3) is 0 Å². The Balaban J connectivity index is 1.79. The molecular weight excluding hydrogens is 335 g/mol. The van der Waals surface area contributed by atoms with E-state index in [-0.39, 0.29) is 5.82 Å². The fourth-order valence-electron chi connectivity index (χ4n) is 2.73. The molecule has 3 aromatic rings. The van der Waals surface area contributed by atoms with Crippen LogP contribution in [0.3, 0.4) is 0 Å². The molecule has 0 bridgehead atoms. The van der Waals surface area contributed by atoms with E-state index < -0.39 is 0 Å². The third-order valence-corrected chi connectivity index (χ3v) is 4.41. The Bertz CT molecular complexity index is 830. The van der Waals surface area contributed by atoms with Crippen LogP contribution in [0.15, 0.2) is 54.9 Å². The van der Waals surface area contributed by atoms with Crippen LogP contribution in [0.25, 0.3) is 22.5 Å². The Morgan fingerprint density at radius 3 is 2.24 bits per heavy atom. The average molecular weight is 355 g/mol. The number of hydrogen-bond acceptors (Lipinski definition) is 2. The van der Waals surface area contributed by atoms with Crippen molar-refractivity contribution in [2.75, 3.05) is 0 Å². The van der Waals surface area contributed by atoms with E-state index in [1.54, 1.807) is 18.2 Å². The van der Waals surface area contributed by atoms with Crippen molar-refractivity contribution in [3.05, 3.63) is 71.3 Å².